The van der Waals surface area contributed by atoms with Gasteiger partial charge in [-0.1, -0.05) is 173 Å². The fourth-order valence-corrected chi connectivity index (χ4v) is 8.25. The van der Waals surface area contributed by atoms with E-state index in [0.29, 0.717) is 12.8 Å². The topological polar surface area (TPSA) is 228 Å². The fourth-order valence-electron chi connectivity index (χ4n) is 8.25. The standard InChI is InChI=1S/C49H91NO13/c1-3-5-7-9-11-13-15-16-17-18-19-20-21-23-24-26-28-30-32-38(53)37(50-41(54)33-31-29-27-25-22-14-12-10-8-6-4-2)36-60-48-46(59)44(57)47(40(35-52)62-48)63-49-45(58)43(56)42(55)39(34-51)61-49/h23-24,30,32,37-40,42-49,51-53,55-59H,3-22,25-29,31,33-36H2,1-2H3,(H,50,54)/b24-23+,32-30+. The molecule has 63 heavy (non-hydrogen) atoms. The number of ether oxygens (including phenoxy) is 4. The summed E-state index contributed by atoms with van der Waals surface area (Å²) in [6.07, 6.45) is 22.3. The first-order valence-electron chi connectivity index (χ1n) is 25.1. The van der Waals surface area contributed by atoms with Crippen LogP contribution in [0.1, 0.15) is 187 Å². The summed E-state index contributed by atoms with van der Waals surface area (Å²) in [6, 6.07) is -0.925. The molecule has 0 saturated carbocycles. The van der Waals surface area contributed by atoms with Gasteiger partial charge in [-0.3, -0.25) is 4.79 Å². The largest absolute Gasteiger partial charge is 0.394 e. The molecule has 9 N–H and O–H groups in total. The molecule has 2 rings (SSSR count). The van der Waals surface area contributed by atoms with Crippen molar-refractivity contribution in [2.45, 2.75) is 261 Å². The molecule has 370 valence electrons. The van der Waals surface area contributed by atoms with Gasteiger partial charge in [-0.15, -0.1) is 0 Å². The lowest BCUT2D eigenvalue weighted by Crippen LogP contribution is -2.65. The van der Waals surface area contributed by atoms with Gasteiger partial charge in [-0.05, 0) is 32.1 Å². The third-order valence-electron chi connectivity index (χ3n) is 12.4. The van der Waals surface area contributed by atoms with Crippen molar-refractivity contribution in [3.05, 3.63) is 24.3 Å². The number of unbranched alkanes of at least 4 members (excludes halogenated alkanes) is 23. The minimum Gasteiger partial charge on any atom is -0.394 e. The maximum atomic E-state index is 13.1. The predicted molar refractivity (Wildman–Crippen MR) is 245 cm³/mol. The SMILES string of the molecule is CCCCCCCCCCCCCC/C=C/CC/C=C/C(O)C(COC1OC(CO)C(OC2OC(CO)C(O)C(O)C2O)C(O)C1O)NC(=O)CCCCCCCCCCCCC. The molecule has 0 radical (unpaired) electrons. The Labute approximate surface area is 379 Å². The number of aliphatic hydroxyl groups excluding tert-OH is 8. The second-order valence-electron chi connectivity index (χ2n) is 17.9. The number of hydrogen-bond donors (Lipinski definition) is 9. The molecule has 0 aromatic carbocycles. The molecule has 0 aliphatic carbocycles. The first kappa shape index (κ1) is 57.6. The lowest BCUT2D eigenvalue weighted by molar-refractivity contribution is -0.359. The molecule has 0 bridgehead atoms. The summed E-state index contributed by atoms with van der Waals surface area (Å²) in [6.45, 7) is 2.75. The van der Waals surface area contributed by atoms with Crippen LogP contribution in [0, 0.1) is 0 Å². The van der Waals surface area contributed by atoms with Crippen molar-refractivity contribution in [1.82, 2.24) is 5.32 Å². The number of carbonyl (C=O) groups is 1. The highest BCUT2D eigenvalue weighted by atomic mass is 16.7. The number of rotatable bonds is 38. The van der Waals surface area contributed by atoms with Crippen molar-refractivity contribution in [3.63, 3.8) is 0 Å². The zero-order valence-corrected chi connectivity index (χ0v) is 39.1. The summed E-state index contributed by atoms with van der Waals surface area (Å²) >= 11 is 0. The molecule has 2 fully saturated rings. The molecule has 0 aromatic rings. The van der Waals surface area contributed by atoms with Gasteiger partial charge >= 0.3 is 0 Å². The van der Waals surface area contributed by atoms with Crippen molar-refractivity contribution in [1.29, 1.82) is 0 Å². The van der Waals surface area contributed by atoms with E-state index < -0.39 is 86.8 Å². The Balaban J connectivity index is 1.87. The Morgan fingerprint density at radius 1 is 0.556 bits per heavy atom. The van der Waals surface area contributed by atoms with Crippen LogP contribution in [-0.2, 0) is 23.7 Å². The summed E-state index contributed by atoms with van der Waals surface area (Å²) in [5.74, 6) is -0.251. The molecule has 1 amide bonds. The predicted octanol–water partition coefficient (Wildman–Crippen LogP) is 6.16. The van der Waals surface area contributed by atoms with Crippen LogP contribution in [0.4, 0.5) is 0 Å². The molecule has 2 aliphatic rings. The van der Waals surface area contributed by atoms with E-state index in [9.17, 15) is 45.6 Å². The molecule has 2 heterocycles. The van der Waals surface area contributed by atoms with E-state index in [1.165, 1.54) is 122 Å². The smallest absolute Gasteiger partial charge is 0.220 e. The maximum absolute atomic E-state index is 13.1. The molecular weight excluding hydrogens is 811 g/mol. The molecule has 14 nitrogen and oxygen atoms in total. The number of nitrogens with one attached hydrogen (secondary N) is 1. The lowest BCUT2D eigenvalue weighted by atomic mass is 9.97. The van der Waals surface area contributed by atoms with Gasteiger partial charge in [0.1, 0.15) is 48.8 Å². The summed E-state index contributed by atoms with van der Waals surface area (Å²) < 4.78 is 22.6. The number of amides is 1. The zero-order valence-electron chi connectivity index (χ0n) is 39.1. The van der Waals surface area contributed by atoms with E-state index in [4.69, 9.17) is 18.9 Å². The number of aliphatic hydroxyl groups is 8. The third kappa shape index (κ3) is 24.2. The van der Waals surface area contributed by atoms with Crippen LogP contribution in [0.2, 0.25) is 0 Å². The van der Waals surface area contributed by atoms with Crippen molar-refractivity contribution >= 4 is 5.91 Å². The van der Waals surface area contributed by atoms with Crippen LogP contribution < -0.4 is 5.32 Å². The zero-order chi connectivity index (χ0) is 46.1. The van der Waals surface area contributed by atoms with Gasteiger partial charge in [0.2, 0.25) is 5.91 Å². The number of carbonyl (C=O) groups excluding carboxylic acids is 1. The Kier molecular flexibility index (Phi) is 33.4. The van der Waals surface area contributed by atoms with Gasteiger partial charge in [0.05, 0.1) is 32.0 Å². The van der Waals surface area contributed by atoms with Crippen LogP contribution in [0.3, 0.4) is 0 Å². The average molecular weight is 902 g/mol. The van der Waals surface area contributed by atoms with Crippen molar-refractivity contribution in [2.75, 3.05) is 19.8 Å². The summed E-state index contributed by atoms with van der Waals surface area (Å²) in [7, 11) is 0. The average Bonchev–Trinajstić information content (AvgIpc) is 3.28. The second kappa shape index (κ2) is 36.6. The summed E-state index contributed by atoms with van der Waals surface area (Å²) in [5.41, 5.74) is 0. The summed E-state index contributed by atoms with van der Waals surface area (Å²) in [5, 5.41) is 86.6. The van der Waals surface area contributed by atoms with Gasteiger partial charge in [-0.25, -0.2) is 0 Å². The minimum absolute atomic E-state index is 0.251. The van der Waals surface area contributed by atoms with Gasteiger partial charge in [0.25, 0.3) is 0 Å². The fraction of sp³-hybridized carbons (Fsp3) is 0.898. The highest BCUT2D eigenvalue weighted by Gasteiger charge is 2.51. The Bertz CT molecular complexity index is 1160. The first-order chi connectivity index (χ1) is 30.6. The summed E-state index contributed by atoms with van der Waals surface area (Å²) in [4.78, 5) is 13.1. The van der Waals surface area contributed by atoms with Gasteiger partial charge in [0, 0.05) is 6.42 Å². The van der Waals surface area contributed by atoms with Crippen LogP contribution >= 0.6 is 0 Å². The first-order valence-corrected chi connectivity index (χ1v) is 25.1. The van der Waals surface area contributed by atoms with E-state index in [2.05, 4.69) is 31.3 Å². The molecule has 12 atom stereocenters. The molecule has 0 aromatic heterocycles. The molecule has 2 saturated heterocycles. The quantitative estimate of drug-likeness (QED) is 0.0250. The van der Waals surface area contributed by atoms with Gasteiger partial charge < -0.3 is 65.1 Å². The number of allylic oxidation sites excluding steroid dienone is 3. The highest BCUT2D eigenvalue weighted by Crippen LogP contribution is 2.30. The van der Waals surface area contributed by atoms with Gasteiger partial charge in [0.15, 0.2) is 12.6 Å². The monoisotopic (exact) mass is 902 g/mol. The highest BCUT2D eigenvalue weighted by molar-refractivity contribution is 5.76. The van der Waals surface area contributed by atoms with Gasteiger partial charge in [-0.2, -0.15) is 0 Å². The van der Waals surface area contributed by atoms with E-state index in [1.54, 1.807) is 6.08 Å². The Morgan fingerprint density at radius 2 is 1.02 bits per heavy atom. The van der Waals surface area contributed by atoms with E-state index in [0.717, 1.165) is 32.1 Å². The van der Waals surface area contributed by atoms with E-state index in [1.807, 2.05) is 6.08 Å². The molecule has 12 unspecified atom stereocenters. The van der Waals surface area contributed by atoms with E-state index in [-0.39, 0.29) is 18.9 Å². The third-order valence-corrected chi connectivity index (χ3v) is 12.4. The molecule has 0 spiro atoms. The Morgan fingerprint density at radius 3 is 1.56 bits per heavy atom. The molecular formula is C49H91NO13. The Hall–Kier alpha value is -1.53. The van der Waals surface area contributed by atoms with Crippen LogP contribution in [0.15, 0.2) is 24.3 Å². The molecule has 14 heteroatoms. The minimum atomic E-state index is -1.79. The lowest BCUT2D eigenvalue weighted by Gasteiger charge is -2.46. The van der Waals surface area contributed by atoms with Crippen molar-refractivity contribution in [2.24, 2.45) is 0 Å². The maximum Gasteiger partial charge on any atom is 0.220 e. The van der Waals surface area contributed by atoms with Crippen LogP contribution in [-0.4, -0.2) is 140 Å². The van der Waals surface area contributed by atoms with Crippen LogP contribution in [0.25, 0.3) is 0 Å². The molecule has 2 aliphatic heterocycles. The second-order valence-corrected chi connectivity index (χ2v) is 17.9. The van der Waals surface area contributed by atoms with Crippen molar-refractivity contribution in [3.8, 4) is 0 Å². The number of hydrogen-bond acceptors (Lipinski definition) is 13. The van der Waals surface area contributed by atoms with E-state index >= 15 is 0 Å². The normalized spacial score (nSPS) is 27.7. The van der Waals surface area contributed by atoms with Crippen LogP contribution in [0.5, 0.6) is 0 Å². The van der Waals surface area contributed by atoms with Crippen molar-refractivity contribution < 1.29 is 64.6 Å².